The first-order chi connectivity index (χ1) is 10.1. The molecule has 1 amide bonds. The number of hydrogen-bond acceptors (Lipinski definition) is 6. The van der Waals surface area contributed by atoms with Gasteiger partial charge in [0.25, 0.3) is 0 Å². The monoisotopic (exact) mass is 294 g/mol. The first kappa shape index (κ1) is 15.2. The van der Waals surface area contributed by atoms with E-state index in [0.29, 0.717) is 18.9 Å². The summed E-state index contributed by atoms with van der Waals surface area (Å²) in [6.45, 7) is 0.826. The third kappa shape index (κ3) is 3.88. The molecule has 0 bridgehead atoms. The van der Waals surface area contributed by atoms with Crippen molar-refractivity contribution in [3.05, 3.63) is 18.5 Å². The van der Waals surface area contributed by atoms with Crippen LogP contribution in [-0.4, -0.2) is 57.3 Å². The number of carboxylic acids is 1. The molecule has 0 aliphatic carbocycles. The lowest BCUT2D eigenvalue weighted by molar-refractivity contribution is -0.147. The Hall–Kier alpha value is -2.22. The number of carbonyl (C=O) groups is 2. The average Bonchev–Trinajstić information content (AvgIpc) is 2.97. The quantitative estimate of drug-likeness (QED) is 0.641. The SMILES string of the molecule is O=C(O)C(O)CCNC(=O)C1CCCN1c1ncccn1. The van der Waals surface area contributed by atoms with E-state index in [1.165, 1.54) is 0 Å². The van der Waals surface area contributed by atoms with E-state index in [1.807, 2.05) is 4.90 Å². The molecule has 2 unspecified atom stereocenters. The number of anilines is 1. The molecule has 114 valence electrons. The van der Waals surface area contributed by atoms with Gasteiger partial charge in [-0.2, -0.15) is 0 Å². The predicted octanol–water partition coefficient (Wildman–Crippen LogP) is -0.603. The number of nitrogens with one attached hydrogen (secondary N) is 1. The van der Waals surface area contributed by atoms with E-state index < -0.39 is 12.1 Å². The van der Waals surface area contributed by atoms with Gasteiger partial charge in [0.15, 0.2) is 6.10 Å². The Bertz CT molecular complexity index is 496. The minimum absolute atomic E-state index is 0.0182. The zero-order valence-corrected chi connectivity index (χ0v) is 11.5. The lowest BCUT2D eigenvalue weighted by Crippen LogP contribution is -2.44. The van der Waals surface area contributed by atoms with Crippen molar-refractivity contribution in [1.82, 2.24) is 15.3 Å². The molecule has 2 atom stereocenters. The van der Waals surface area contributed by atoms with Crippen molar-refractivity contribution in [2.24, 2.45) is 0 Å². The third-order valence-electron chi connectivity index (χ3n) is 3.37. The highest BCUT2D eigenvalue weighted by Gasteiger charge is 2.32. The van der Waals surface area contributed by atoms with Crippen molar-refractivity contribution in [3.8, 4) is 0 Å². The Kier molecular flexibility index (Phi) is 5.04. The Labute approximate surface area is 121 Å². The van der Waals surface area contributed by atoms with Gasteiger partial charge in [0.1, 0.15) is 6.04 Å². The number of aromatic nitrogens is 2. The molecule has 1 aromatic rings. The van der Waals surface area contributed by atoms with Crippen molar-refractivity contribution in [2.75, 3.05) is 18.0 Å². The van der Waals surface area contributed by atoms with Gasteiger partial charge in [0.2, 0.25) is 11.9 Å². The van der Waals surface area contributed by atoms with Crippen molar-refractivity contribution in [1.29, 1.82) is 0 Å². The summed E-state index contributed by atoms with van der Waals surface area (Å²) < 4.78 is 0. The van der Waals surface area contributed by atoms with E-state index in [9.17, 15) is 9.59 Å². The highest BCUT2D eigenvalue weighted by molar-refractivity contribution is 5.85. The van der Waals surface area contributed by atoms with Crippen LogP contribution >= 0.6 is 0 Å². The molecule has 0 saturated carbocycles. The number of rotatable bonds is 6. The normalized spacial score (nSPS) is 19.3. The smallest absolute Gasteiger partial charge is 0.332 e. The van der Waals surface area contributed by atoms with Gasteiger partial charge in [-0.3, -0.25) is 4.79 Å². The standard InChI is InChI=1S/C13H18N4O4/c18-10(12(20)21)4-7-14-11(19)9-3-1-8-17(9)13-15-5-2-6-16-13/h2,5-6,9-10,18H,1,3-4,7-8H2,(H,14,19)(H,20,21). The molecule has 1 fully saturated rings. The Morgan fingerprint density at radius 3 is 2.81 bits per heavy atom. The van der Waals surface area contributed by atoms with Gasteiger partial charge in [-0.25, -0.2) is 14.8 Å². The largest absolute Gasteiger partial charge is 0.479 e. The van der Waals surface area contributed by atoms with Crippen molar-refractivity contribution >= 4 is 17.8 Å². The van der Waals surface area contributed by atoms with Gasteiger partial charge >= 0.3 is 5.97 Å². The predicted molar refractivity (Wildman–Crippen MR) is 73.7 cm³/mol. The van der Waals surface area contributed by atoms with Crippen LogP contribution in [0.2, 0.25) is 0 Å². The molecule has 3 N–H and O–H groups in total. The zero-order chi connectivity index (χ0) is 15.2. The van der Waals surface area contributed by atoms with Crippen LogP contribution in [0.1, 0.15) is 19.3 Å². The van der Waals surface area contributed by atoms with Crippen LogP contribution in [0.3, 0.4) is 0 Å². The van der Waals surface area contributed by atoms with Crippen LogP contribution in [0.25, 0.3) is 0 Å². The van der Waals surface area contributed by atoms with Crippen molar-refractivity contribution in [3.63, 3.8) is 0 Å². The Morgan fingerprint density at radius 2 is 2.14 bits per heavy atom. The Balaban J connectivity index is 1.88. The molecular formula is C13H18N4O4. The highest BCUT2D eigenvalue weighted by atomic mass is 16.4. The van der Waals surface area contributed by atoms with Gasteiger partial charge in [0.05, 0.1) is 0 Å². The van der Waals surface area contributed by atoms with E-state index in [-0.39, 0.29) is 24.9 Å². The fraction of sp³-hybridized carbons (Fsp3) is 0.538. The van der Waals surface area contributed by atoms with Crippen LogP contribution < -0.4 is 10.2 Å². The number of carboxylic acid groups (broad SMARTS) is 1. The summed E-state index contributed by atoms with van der Waals surface area (Å²) in [7, 11) is 0. The summed E-state index contributed by atoms with van der Waals surface area (Å²) in [6.07, 6.45) is 3.34. The van der Waals surface area contributed by atoms with E-state index >= 15 is 0 Å². The van der Waals surface area contributed by atoms with Crippen molar-refractivity contribution < 1.29 is 19.8 Å². The number of carbonyl (C=O) groups excluding carboxylic acids is 1. The molecule has 0 aromatic carbocycles. The molecule has 8 heteroatoms. The van der Waals surface area contributed by atoms with Gasteiger partial charge in [0, 0.05) is 31.9 Å². The molecular weight excluding hydrogens is 276 g/mol. The molecule has 2 heterocycles. The zero-order valence-electron chi connectivity index (χ0n) is 11.5. The maximum Gasteiger partial charge on any atom is 0.332 e. The number of amides is 1. The first-order valence-electron chi connectivity index (χ1n) is 6.82. The van der Waals surface area contributed by atoms with E-state index in [2.05, 4.69) is 15.3 Å². The van der Waals surface area contributed by atoms with Crippen LogP contribution in [0, 0.1) is 0 Å². The molecule has 1 aromatic heterocycles. The molecule has 1 aliphatic rings. The maximum atomic E-state index is 12.1. The van der Waals surface area contributed by atoms with Crippen molar-refractivity contribution in [2.45, 2.75) is 31.4 Å². The number of nitrogens with zero attached hydrogens (tertiary/aromatic N) is 3. The number of aliphatic hydroxyl groups excluding tert-OH is 1. The second-order valence-corrected chi connectivity index (χ2v) is 4.83. The van der Waals surface area contributed by atoms with E-state index in [4.69, 9.17) is 10.2 Å². The Morgan fingerprint density at radius 1 is 1.43 bits per heavy atom. The summed E-state index contributed by atoms with van der Waals surface area (Å²) in [4.78, 5) is 32.7. The lowest BCUT2D eigenvalue weighted by Gasteiger charge is -2.23. The second kappa shape index (κ2) is 6.98. The maximum absolute atomic E-state index is 12.1. The average molecular weight is 294 g/mol. The van der Waals surface area contributed by atoms with Gasteiger partial charge in [-0.05, 0) is 18.9 Å². The number of aliphatic carboxylic acids is 1. The van der Waals surface area contributed by atoms with E-state index in [0.717, 1.165) is 6.42 Å². The number of hydrogen-bond donors (Lipinski definition) is 3. The molecule has 1 saturated heterocycles. The minimum Gasteiger partial charge on any atom is -0.479 e. The molecule has 0 spiro atoms. The first-order valence-corrected chi connectivity index (χ1v) is 6.82. The van der Waals surface area contributed by atoms with Crippen LogP contribution in [0.5, 0.6) is 0 Å². The summed E-state index contributed by atoms with van der Waals surface area (Å²) in [6, 6.07) is 1.36. The third-order valence-corrected chi connectivity index (χ3v) is 3.37. The van der Waals surface area contributed by atoms with Crippen LogP contribution in [-0.2, 0) is 9.59 Å². The molecule has 1 aliphatic heterocycles. The topological polar surface area (TPSA) is 116 Å². The van der Waals surface area contributed by atoms with Gasteiger partial charge in [-0.15, -0.1) is 0 Å². The van der Waals surface area contributed by atoms with Gasteiger partial charge in [-0.1, -0.05) is 0 Å². The fourth-order valence-electron chi connectivity index (χ4n) is 2.29. The lowest BCUT2D eigenvalue weighted by atomic mass is 10.2. The molecule has 21 heavy (non-hydrogen) atoms. The van der Waals surface area contributed by atoms with Gasteiger partial charge < -0.3 is 20.4 Å². The van der Waals surface area contributed by atoms with E-state index in [1.54, 1.807) is 18.5 Å². The number of aliphatic hydroxyl groups is 1. The summed E-state index contributed by atoms with van der Waals surface area (Å²) in [5.41, 5.74) is 0. The van der Waals surface area contributed by atoms with Crippen LogP contribution in [0.15, 0.2) is 18.5 Å². The summed E-state index contributed by atoms with van der Waals surface area (Å²) in [5, 5.41) is 20.4. The molecule has 8 nitrogen and oxygen atoms in total. The highest BCUT2D eigenvalue weighted by Crippen LogP contribution is 2.21. The fourth-order valence-corrected chi connectivity index (χ4v) is 2.29. The van der Waals surface area contributed by atoms with Crippen LogP contribution in [0.4, 0.5) is 5.95 Å². The molecule has 2 rings (SSSR count). The molecule has 0 radical (unpaired) electrons. The minimum atomic E-state index is -1.46. The second-order valence-electron chi connectivity index (χ2n) is 4.83. The summed E-state index contributed by atoms with van der Waals surface area (Å²) in [5.74, 6) is -0.970. The summed E-state index contributed by atoms with van der Waals surface area (Å²) >= 11 is 0.